The topological polar surface area (TPSA) is 137 Å². The summed E-state index contributed by atoms with van der Waals surface area (Å²) in [4.78, 5) is 51.5. The zero-order valence-electron chi connectivity index (χ0n) is 21.5. The summed E-state index contributed by atoms with van der Waals surface area (Å²) in [6.45, 7) is 2.94. The van der Waals surface area contributed by atoms with Crippen LogP contribution in [0.4, 0.5) is 0 Å². The Kier molecular flexibility index (Phi) is 11.1. The average Bonchev–Trinajstić information content (AvgIpc) is 3.21. The van der Waals surface area contributed by atoms with Gasteiger partial charge in [0.25, 0.3) is 5.91 Å². The van der Waals surface area contributed by atoms with Gasteiger partial charge in [0.15, 0.2) is 0 Å². The van der Waals surface area contributed by atoms with E-state index in [0.29, 0.717) is 44.1 Å². The largest absolute Gasteiger partial charge is 0.493 e. The van der Waals surface area contributed by atoms with Crippen LogP contribution < -0.4 is 4.74 Å². The van der Waals surface area contributed by atoms with Crippen LogP contribution in [0.5, 0.6) is 5.75 Å². The van der Waals surface area contributed by atoms with Crippen molar-refractivity contribution in [2.24, 2.45) is 5.92 Å². The van der Waals surface area contributed by atoms with E-state index in [1.807, 2.05) is 46.2 Å². The maximum atomic E-state index is 13.0. The number of aliphatic carboxylic acids is 2. The first kappa shape index (κ1) is 28.6. The molecule has 0 bridgehead atoms. The number of hydrogen-bond donors (Lipinski definition) is 2. The number of aromatic nitrogens is 1. The normalized spacial score (nSPS) is 16.0. The van der Waals surface area contributed by atoms with Crippen molar-refractivity contribution in [3.8, 4) is 5.75 Å². The number of benzene rings is 1. The van der Waals surface area contributed by atoms with Gasteiger partial charge in [-0.3, -0.25) is 14.6 Å². The minimum atomic E-state index is -1.82. The summed E-state index contributed by atoms with van der Waals surface area (Å²) >= 11 is 0. The van der Waals surface area contributed by atoms with Crippen molar-refractivity contribution in [2.45, 2.75) is 44.9 Å². The van der Waals surface area contributed by atoms with Gasteiger partial charge >= 0.3 is 11.9 Å². The van der Waals surface area contributed by atoms with Gasteiger partial charge in [0, 0.05) is 44.1 Å². The highest BCUT2D eigenvalue weighted by molar-refractivity contribution is 6.27. The monoisotopic (exact) mass is 525 g/mol. The van der Waals surface area contributed by atoms with Crippen molar-refractivity contribution in [2.75, 3.05) is 32.8 Å². The zero-order chi connectivity index (χ0) is 27.3. The second-order valence-corrected chi connectivity index (χ2v) is 9.52. The number of carboxylic acids is 2. The Morgan fingerprint density at radius 2 is 1.53 bits per heavy atom. The van der Waals surface area contributed by atoms with Crippen LogP contribution in [0.3, 0.4) is 0 Å². The van der Waals surface area contributed by atoms with Gasteiger partial charge in [-0.05, 0) is 48.6 Å². The van der Waals surface area contributed by atoms with Crippen molar-refractivity contribution >= 4 is 23.8 Å². The van der Waals surface area contributed by atoms with Crippen LogP contribution in [-0.4, -0.2) is 81.5 Å². The first-order valence-electron chi connectivity index (χ1n) is 13.0. The van der Waals surface area contributed by atoms with Gasteiger partial charge in [-0.2, -0.15) is 0 Å². The molecule has 2 amide bonds. The molecule has 2 aliphatic rings. The average molecular weight is 526 g/mol. The number of ether oxygens (including phenoxy) is 1. The zero-order valence-corrected chi connectivity index (χ0v) is 21.5. The Morgan fingerprint density at radius 1 is 0.868 bits per heavy atom. The highest BCUT2D eigenvalue weighted by Gasteiger charge is 2.25. The van der Waals surface area contributed by atoms with Crippen molar-refractivity contribution < 1.29 is 34.1 Å². The van der Waals surface area contributed by atoms with Crippen molar-refractivity contribution in [1.29, 1.82) is 0 Å². The van der Waals surface area contributed by atoms with E-state index in [2.05, 4.69) is 4.98 Å². The Labute approximate surface area is 222 Å². The molecule has 0 spiro atoms. The lowest BCUT2D eigenvalue weighted by Crippen LogP contribution is -2.51. The molecule has 2 N–H and O–H groups in total. The molecule has 1 aromatic heterocycles. The van der Waals surface area contributed by atoms with E-state index < -0.39 is 11.9 Å². The van der Waals surface area contributed by atoms with E-state index in [4.69, 9.17) is 24.5 Å². The Bertz CT molecular complexity index is 1060. The summed E-state index contributed by atoms with van der Waals surface area (Å²) in [5, 5.41) is 14.8. The number of amides is 2. The van der Waals surface area contributed by atoms with Gasteiger partial charge in [-0.15, -0.1) is 0 Å². The first-order valence-corrected chi connectivity index (χ1v) is 13.0. The first-order chi connectivity index (χ1) is 18.3. The second-order valence-electron chi connectivity index (χ2n) is 9.52. The number of piperazine rings is 1. The summed E-state index contributed by atoms with van der Waals surface area (Å²) in [6.07, 6.45) is 11.5. The van der Waals surface area contributed by atoms with Gasteiger partial charge in [-0.1, -0.05) is 37.8 Å². The summed E-state index contributed by atoms with van der Waals surface area (Å²) in [5.41, 5.74) is 1.56. The molecule has 4 rings (SSSR count). The third-order valence-corrected chi connectivity index (χ3v) is 6.72. The van der Waals surface area contributed by atoms with Crippen molar-refractivity contribution in [1.82, 2.24) is 14.8 Å². The molecule has 1 saturated carbocycles. The highest BCUT2D eigenvalue weighted by atomic mass is 16.5. The van der Waals surface area contributed by atoms with Crippen molar-refractivity contribution in [3.63, 3.8) is 0 Å². The van der Waals surface area contributed by atoms with Gasteiger partial charge in [0.05, 0.1) is 13.0 Å². The lowest BCUT2D eigenvalue weighted by atomic mass is 10.0. The van der Waals surface area contributed by atoms with Crippen LogP contribution in [0.2, 0.25) is 0 Å². The standard InChI is InChI=1S/C26H33N3O3.C2H2O4/c30-25(17-22-9-6-12-27-19-22)28-13-15-29(16-14-28)26(31)23-10-5-11-24(18-23)32-20-21-7-3-1-2-4-8-21;3-1(4)2(5)6/h5-6,9-12,18-19,21H,1-4,7-8,13-17,20H2;(H,3,4)(H,5,6). The number of carboxylic acid groups (broad SMARTS) is 2. The summed E-state index contributed by atoms with van der Waals surface area (Å²) in [6, 6.07) is 11.3. The number of pyridine rings is 1. The number of hydrogen-bond acceptors (Lipinski definition) is 6. The molecular weight excluding hydrogens is 490 g/mol. The molecule has 0 radical (unpaired) electrons. The maximum Gasteiger partial charge on any atom is 0.414 e. The van der Waals surface area contributed by atoms with Crippen LogP contribution in [0.1, 0.15) is 54.4 Å². The maximum absolute atomic E-state index is 13.0. The molecule has 1 aromatic carbocycles. The number of carbonyl (C=O) groups is 4. The van der Waals surface area contributed by atoms with E-state index in [1.54, 1.807) is 12.4 Å². The molecule has 2 aromatic rings. The number of carbonyl (C=O) groups excluding carboxylic acids is 2. The quantitative estimate of drug-likeness (QED) is 0.434. The lowest BCUT2D eigenvalue weighted by Gasteiger charge is -2.35. The predicted molar refractivity (Wildman–Crippen MR) is 139 cm³/mol. The van der Waals surface area contributed by atoms with Crippen LogP contribution in [-0.2, 0) is 20.8 Å². The molecule has 1 saturated heterocycles. The van der Waals surface area contributed by atoms with E-state index in [9.17, 15) is 9.59 Å². The minimum Gasteiger partial charge on any atom is -0.493 e. The SMILES string of the molecule is O=C(Cc1cccnc1)N1CCN(C(=O)c2cccc(OCC3CCCCCC3)c2)CC1.O=C(O)C(=O)O. The summed E-state index contributed by atoms with van der Waals surface area (Å²) in [5.74, 6) is -2.17. The fourth-order valence-corrected chi connectivity index (χ4v) is 4.59. The molecular formula is C28H35N3O7. The number of nitrogens with zero attached hydrogens (tertiary/aromatic N) is 3. The fourth-order valence-electron chi connectivity index (χ4n) is 4.59. The lowest BCUT2D eigenvalue weighted by molar-refractivity contribution is -0.159. The van der Waals surface area contributed by atoms with E-state index in [-0.39, 0.29) is 11.8 Å². The summed E-state index contributed by atoms with van der Waals surface area (Å²) < 4.78 is 6.06. The Morgan fingerprint density at radius 3 is 2.13 bits per heavy atom. The van der Waals surface area contributed by atoms with Gasteiger partial charge in [-0.25, -0.2) is 9.59 Å². The van der Waals surface area contributed by atoms with Gasteiger partial charge in [0.2, 0.25) is 5.91 Å². The molecule has 2 fully saturated rings. The minimum absolute atomic E-state index is 0.00396. The predicted octanol–water partition coefficient (Wildman–Crippen LogP) is 3.11. The molecule has 1 aliphatic carbocycles. The molecule has 2 heterocycles. The highest BCUT2D eigenvalue weighted by Crippen LogP contribution is 2.24. The van der Waals surface area contributed by atoms with Crippen LogP contribution in [0, 0.1) is 5.92 Å². The molecule has 1 aliphatic heterocycles. The van der Waals surface area contributed by atoms with Crippen molar-refractivity contribution in [3.05, 3.63) is 59.9 Å². The van der Waals surface area contributed by atoms with Crippen LogP contribution >= 0.6 is 0 Å². The third-order valence-electron chi connectivity index (χ3n) is 6.72. The van der Waals surface area contributed by atoms with Gasteiger partial charge < -0.3 is 24.7 Å². The molecule has 38 heavy (non-hydrogen) atoms. The molecule has 0 unspecified atom stereocenters. The Balaban J connectivity index is 0.000000599. The number of rotatable bonds is 6. The smallest absolute Gasteiger partial charge is 0.414 e. The molecule has 0 atom stereocenters. The Hall–Kier alpha value is -3.95. The molecule has 10 nitrogen and oxygen atoms in total. The third kappa shape index (κ3) is 9.17. The second kappa shape index (κ2) is 14.7. The van der Waals surface area contributed by atoms with Crippen LogP contribution in [0.25, 0.3) is 0 Å². The fraction of sp³-hybridized carbons (Fsp3) is 0.464. The molecule has 204 valence electrons. The van der Waals surface area contributed by atoms with E-state index in [0.717, 1.165) is 17.9 Å². The van der Waals surface area contributed by atoms with Crippen LogP contribution in [0.15, 0.2) is 48.8 Å². The van der Waals surface area contributed by atoms with E-state index >= 15 is 0 Å². The molecule has 10 heteroatoms. The summed E-state index contributed by atoms with van der Waals surface area (Å²) in [7, 11) is 0. The van der Waals surface area contributed by atoms with Gasteiger partial charge in [0.1, 0.15) is 5.75 Å². The van der Waals surface area contributed by atoms with E-state index in [1.165, 1.54) is 38.5 Å².